The molecule has 0 fully saturated rings. The van der Waals surface area contributed by atoms with E-state index in [-0.39, 0.29) is 41.9 Å². The normalized spacial score (nSPS) is 18.2. The summed E-state index contributed by atoms with van der Waals surface area (Å²) in [6.45, 7) is 3.61. The molecule has 9 rings (SSSR count). The highest BCUT2D eigenvalue weighted by Crippen LogP contribution is 2.41. The quantitative estimate of drug-likeness (QED) is 0.0401. The number of methoxy groups -OCH3 is 3. The van der Waals surface area contributed by atoms with Crippen LogP contribution in [0.4, 0.5) is 5.69 Å². The van der Waals surface area contributed by atoms with E-state index in [0.717, 1.165) is 37.5 Å². The molecule has 2 aliphatic carbocycles. The van der Waals surface area contributed by atoms with E-state index in [1.165, 1.54) is 23.3 Å². The van der Waals surface area contributed by atoms with Gasteiger partial charge < -0.3 is 53.9 Å². The van der Waals surface area contributed by atoms with Crippen LogP contribution in [0.3, 0.4) is 0 Å². The topological polar surface area (TPSA) is 204 Å². The van der Waals surface area contributed by atoms with Crippen LogP contribution in [0.25, 0.3) is 11.1 Å². The van der Waals surface area contributed by atoms with Gasteiger partial charge in [-0.1, -0.05) is 42.8 Å². The van der Waals surface area contributed by atoms with Crippen LogP contribution in [0.2, 0.25) is 0 Å². The molecule has 4 amide bonds. The van der Waals surface area contributed by atoms with Crippen molar-refractivity contribution in [3.8, 4) is 28.7 Å². The minimum absolute atomic E-state index is 0.0578. The van der Waals surface area contributed by atoms with Crippen molar-refractivity contribution >= 4 is 52.9 Å². The maximum atomic E-state index is 13.6. The lowest BCUT2D eigenvalue weighted by Gasteiger charge is -2.22. The molecule has 18 nitrogen and oxygen atoms in total. The van der Waals surface area contributed by atoms with Gasteiger partial charge in [0.25, 0.3) is 11.8 Å². The second-order valence-electron chi connectivity index (χ2n) is 18.5. The number of benzene rings is 2. The van der Waals surface area contributed by atoms with Crippen molar-refractivity contribution in [2.75, 3.05) is 46.4 Å². The number of ether oxygens (including phenoxy) is 5. The Morgan fingerprint density at radius 1 is 0.685 bits per heavy atom. The zero-order valence-electron chi connectivity index (χ0n) is 41.3. The van der Waals surface area contributed by atoms with Gasteiger partial charge in [-0.2, -0.15) is 9.48 Å². The van der Waals surface area contributed by atoms with Crippen LogP contribution in [0.15, 0.2) is 109 Å². The number of nitrogens with one attached hydrogen (secondary N) is 2. The lowest BCUT2D eigenvalue weighted by molar-refractivity contribution is -0.404. The van der Waals surface area contributed by atoms with E-state index in [2.05, 4.69) is 10.6 Å². The van der Waals surface area contributed by atoms with Crippen LogP contribution in [0, 0.1) is 22.3 Å². The van der Waals surface area contributed by atoms with Gasteiger partial charge in [-0.05, 0) is 79.1 Å². The summed E-state index contributed by atoms with van der Waals surface area (Å²) in [5, 5.41) is 32.6. The van der Waals surface area contributed by atoms with Gasteiger partial charge in [-0.25, -0.2) is 0 Å². The number of carbonyl (C=O) groups is 4. The van der Waals surface area contributed by atoms with Gasteiger partial charge in [0.1, 0.15) is 11.8 Å². The van der Waals surface area contributed by atoms with Gasteiger partial charge in [0.2, 0.25) is 24.2 Å². The molecular formula is C55H59N7O11. The summed E-state index contributed by atoms with van der Waals surface area (Å²) in [5.41, 5.74) is 7.32. The van der Waals surface area contributed by atoms with Crippen LogP contribution in [-0.4, -0.2) is 107 Å². The largest absolute Gasteiger partial charge is 0.618 e. The van der Waals surface area contributed by atoms with Crippen molar-refractivity contribution in [2.45, 2.75) is 71.0 Å². The van der Waals surface area contributed by atoms with Crippen molar-refractivity contribution in [3.63, 3.8) is 0 Å². The van der Waals surface area contributed by atoms with Crippen molar-refractivity contribution in [1.29, 1.82) is 0 Å². The molecule has 73 heavy (non-hydrogen) atoms. The van der Waals surface area contributed by atoms with E-state index < -0.39 is 6.04 Å². The molecule has 5 aliphatic rings. The molecule has 3 atom stereocenters. The minimum atomic E-state index is -0.769. The van der Waals surface area contributed by atoms with E-state index in [0.29, 0.717) is 123 Å². The molecule has 3 unspecified atom stereocenters. The Balaban J connectivity index is 0.750. The average molecular weight is 994 g/mol. The fourth-order valence-electron chi connectivity index (χ4n) is 9.86. The molecule has 0 saturated heterocycles. The predicted octanol–water partition coefficient (Wildman–Crippen LogP) is 6.95. The number of unbranched alkanes of at least 4 members (excludes halogenated alkanes) is 2. The molecular weight excluding hydrogens is 935 g/mol. The standard InChI is InChI=1S/C55H59N7O11/c1-35(56-50(63)9-6-5-7-24-60-51(64)22-23-52(60)65)55(66)57-42-16-10-36(11-17-42)38-14-20-44-40(27-38)29-58-33-48(53(70-3)46(58)31-61(44)67)72-25-8-26-73-49-34-59-30-41-28-39(37-12-18-43(69-2)19-13-37)15-21-45(41)62(68)32-47(59)54(49)71-4/h10-23,31-35,40-41H,5-9,24-30H2,1-4H3,(H,56,63)(H,57,66). The van der Waals surface area contributed by atoms with Crippen LogP contribution >= 0.6 is 0 Å². The Morgan fingerprint density at radius 3 is 1.71 bits per heavy atom. The van der Waals surface area contributed by atoms with Crippen LogP contribution in [-0.2, 0) is 32.3 Å². The van der Waals surface area contributed by atoms with E-state index >= 15 is 0 Å². The Labute approximate surface area is 423 Å². The maximum Gasteiger partial charge on any atom is 0.253 e. The van der Waals surface area contributed by atoms with Crippen LogP contribution in [0.5, 0.6) is 28.7 Å². The van der Waals surface area contributed by atoms with E-state index in [9.17, 15) is 29.6 Å². The molecule has 3 aliphatic heterocycles. The summed E-state index contributed by atoms with van der Waals surface area (Å²) in [6, 6.07) is 14.6. The van der Waals surface area contributed by atoms with Crippen molar-refractivity contribution in [2.24, 2.45) is 11.8 Å². The van der Waals surface area contributed by atoms with Crippen LogP contribution < -0.4 is 34.3 Å². The molecule has 0 saturated carbocycles. The highest BCUT2D eigenvalue weighted by Gasteiger charge is 2.35. The van der Waals surface area contributed by atoms with Gasteiger partial charge in [-0.15, -0.1) is 0 Å². The number of carbonyl (C=O) groups excluding carboxylic acids is 4. The van der Waals surface area contributed by atoms with Gasteiger partial charge in [0, 0.05) is 62.5 Å². The van der Waals surface area contributed by atoms with Crippen molar-refractivity contribution < 1.29 is 52.3 Å². The number of imide groups is 1. The number of hydrogen-bond donors (Lipinski definition) is 2. The molecule has 0 radical (unpaired) electrons. The first kappa shape index (κ1) is 49.7. The van der Waals surface area contributed by atoms with E-state index in [1.54, 1.807) is 34.5 Å². The van der Waals surface area contributed by atoms with E-state index in [4.69, 9.17) is 23.7 Å². The Morgan fingerprint density at radius 2 is 1.21 bits per heavy atom. The number of aromatic nitrogens is 2. The highest BCUT2D eigenvalue weighted by atomic mass is 16.5. The molecule has 18 heteroatoms. The average Bonchev–Trinajstić information content (AvgIpc) is 3.95. The summed E-state index contributed by atoms with van der Waals surface area (Å²) in [5.74, 6) is 1.30. The maximum absolute atomic E-state index is 13.6. The van der Waals surface area contributed by atoms with Gasteiger partial charge >= 0.3 is 0 Å². The molecule has 4 aromatic rings. The number of nitrogens with zero attached hydrogens (tertiary/aromatic N) is 5. The minimum Gasteiger partial charge on any atom is -0.618 e. The fraction of sp³-hybridized carbons (Fsp3) is 0.345. The number of fused-ring (bicyclic) bond motifs is 4. The zero-order chi connectivity index (χ0) is 51.2. The highest BCUT2D eigenvalue weighted by molar-refractivity contribution is 6.12. The third-order valence-electron chi connectivity index (χ3n) is 13.7. The molecule has 2 aromatic carbocycles. The molecule has 2 N–H and O–H groups in total. The summed E-state index contributed by atoms with van der Waals surface area (Å²) in [4.78, 5) is 50.1. The second kappa shape index (κ2) is 22.0. The predicted molar refractivity (Wildman–Crippen MR) is 273 cm³/mol. The van der Waals surface area contributed by atoms with Gasteiger partial charge in [0.15, 0.2) is 45.8 Å². The van der Waals surface area contributed by atoms with Crippen molar-refractivity contribution in [3.05, 3.63) is 142 Å². The number of hydrogen-bond acceptors (Lipinski definition) is 11. The molecule has 380 valence electrons. The lowest BCUT2D eigenvalue weighted by atomic mass is 9.87. The van der Waals surface area contributed by atoms with Crippen molar-refractivity contribution in [1.82, 2.24) is 19.4 Å². The summed E-state index contributed by atoms with van der Waals surface area (Å²) < 4.78 is 35.3. The molecule has 0 spiro atoms. The summed E-state index contributed by atoms with van der Waals surface area (Å²) in [7, 11) is 4.76. The molecule has 0 bridgehead atoms. The third kappa shape index (κ3) is 11.0. The fourth-order valence-corrected chi connectivity index (χ4v) is 9.86. The lowest BCUT2D eigenvalue weighted by Crippen LogP contribution is -2.41. The first-order valence-electron chi connectivity index (χ1n) is 24.5. The van der Waals surface area contributed by atoms with E-state index in [1.807, 2.05) is 94.4 Å². The zero-order valence-corrected chi connectivity index (χ0v) is 41.3. The first-order chi connectivity index (χ1) is 35.4. The van der Waals surface area contributed by atoms with Gasteiger partial charge in [0.05, 0.1) is 58.8 Å². The number of amides is 4. The number of rotatable bonds is 20. The number of anilines is 1. The summed E-state index contributed by atoms with van der Waals surface area (Å²) in [6.07, 6.45) is 20.9. The second-order valence-corrected chi connectivity index (χ2v) is 18.5. The molecule has 2 aromatic heterocycles. The molecule has 5 heterocycles. The Kier molecular flexibility index (Phi) is 15.0. The van der Waals surface area contributed by atoms with Gasteiger partial charge in [-0.3, -0.25) is 24.1 Å². The Hall–Kier alpha value is -8.28. The summed E-state index contributed by atoms with van der Waals surface area (Å²) >= 11 is 0. The smallest absolute Gasteiger partial charge is 0.253 e. The number of allylic oxidation sites excluding steroid dienone is 8. The third-order valence-corrected chi connectivity index (χ3v) is 13.7. The SMILES string of the molecule is COc1ccc(C2=CC=C3C(C2)Cn2cc(OCCCOc4cn5c(c4OC)C=[N+]([O-])C4=CC=C(c6ccc(NC(=O)C(C)NC(=O)CCCCCN7C(=O)C=CC7=O)cc6)CC4C5)c(OC)c2C=[N+]3[O-])cc1. The first-order valence-corrected chi connectivity index (χ1v) is 24.5. The Bertz CT molecular complexity index is 2990. The number of hydroxylamine groups is 2. The van der Waals surface area contributed by atoms with Crippen LogP contribution in [0.1, 0.15) is 74.4 Å². The monoisotopic (exact) mass is 993 g/mol.